The second-order valence-corrected chi connectivity index (χ2v) is 5.80. The van der Waals surface area contributed by atoms with Crippen molar-refractivity contribution in [1.29, 1.82) is 0 Å². The molecule has 2 aliphatic heterocycles. The van der Waals surface area contributed by atoms with E-state index in [1.54, 1.807) is 0 Å². The summed E-state index contributed by atoms with van der Waals surface area (Å²) >= 11 is 0. The van der Waals surface area contributed by atoms with E-state index in [1.807, 2.05) is 0 Å². The first-order chi connectivity index (χ1) is 8.68. The molecule has 0 aromatic rings. The van der Waals surface area contributed by atoms with Crippen LogP contribution in [0.15, 0.2) is 0 Å². The molecule has 0 aliphatic carbocycles. The van der Waals surface area contributed by atoms with Gasteiger partial charge in [0.1, 0.15) is 0 Å². The van der Waals surface area contributed by atoms with Gasteiger partial charge in [0.2, 0.25) is 5.91 Å². The zero-order valence-electron chi connectivity index (χ0n) is 11.6. The number of carbonyl (C=O) groups excluding carboxylic acids is 1. The normalized spacial score (nSPS) is 34.2. The van der Waals surface area contributed by atoms with Gasteiger partial charge >= 0.3 is 0 Å². The summed E-state index contributed by atoms with van der Waals surface area (Å²) in [5.74, 6) is 0.719. The van der Waals surface area contributed by atoms with Crippen molar-refractivity contribution in [3.05, 3.63) is 0 Å². The molecule has 0 aromatic carbocycles. The van der Waals surface area contributed by atoms with Crippen LogP contribution >= 0.6 is 0 Å². The number of carbonyl (C=O) groups is 1. The maximum atomic E-state index is 12.5. The second-order valence-electron chi connectivity index (χ2n) is 5.80. The minimum atomic E-state index is -0.189. The summed E-state index contributed by atoms with van der Waals surface area (Å²) in [5, 5.41) is 6.59. The van der Waals surface area contributed by atoms with Crippen LogP contribution in [-0.4, -0.2) is 38.3 Å². The first-order valence-corrected chi connectivity index (χ1v) is 7.27. The van der Waals surface area contributed by atoms with Gasteiger partial charge in [-0.3, -0.25) is 4.79 Å². The van der Waals surface area contributed by atoms with E-state index in [0.29, 0.717) is 5.92 Å². The van der Waals surface area contributed by atoms with Crippen LogP contribution in [0.5, 0.6) is 0 Å². The van der Waals surface area contributed by atoms with Crippen molar-refractivity contribution in [1.82, 2.24) is 10.6 Å². The van der Waals surface area contributed by atoms with E-state index < -0.39 is 0 Å². The predicted molar refractivity (Wildman–Crippen MR) is 71.4 cm³/mol. The van der Waals surface area contributed by atoms with Crippen molar-refractivity contribution in [3.63, 3.8) is 0 Å². The van der Waals surface area contributed by atoms with E-state index in [2.05, 4.69) is 24.5 Å². The molecule has 0 spiro atoms. The van der Waals surface area contributed by atoms with Gasteiger partial charge in [0.25, 0.3) is 0 Å². The largest absolute Gasteiger partial charge is 0.381 e. The summed E-state index contributed by atoms with van der Waals surface area (Å²) in [6, 6.07) is 0.227. The summed E-state index contributed by atoms with van der Waals surface area (Å²) in [4.78, 5) is 12.5. The topological polar surface area (TPSA) is 50.4 Å². The second kappa shape index (κ2) is 6.02. The number of piperidine rings is 1. The number of ether oxygens (including phenoxy) is 1. The Morgan fingerprint density at radius 1 is 1.61 bits per heavy atom. The van der Waals surface area contributed by atoms with Gasteiger partial charge in [0, 0.05) is 25.1 Å². The van der Waals surface area contributed by atoms with Gasteiger partial charge in [-0.25, -0.2) is 0 Å². The Bertz CT molecular complexity index is 282. The van der Waals surface area contributed by atoms with Gasteiger partial charge in [-0.2, -0.15) is 0 Å². The average Bonchev–Trinajstić information content (AvgIpc) is 2.93. The number of hydrogen-bond acceptors (Lipinski definition) is 3. The summed E-state index contributed by atoms with van der Waals surface area (Å²) in [6.07, 6.45) is 4.09. The highest BCUT2D eigenvalue weighted by Gasteiger charge is 2.39. The van der Waals surface area contributed by atoms with E-state index in [4.69, 9.17) is 4.74 Å². The highest BCUT2D eigenvalue weighted by Crippen LogP contribution is 2.30. The Labute approximate surface area is 110 Å². The summed E-state index contributed by atoms with van der Waals surface area (Å²) in [7, 11) is 0. The predicted octanol–water partition coefficient (Wildman–Crippen LogP) is 1.31. The molecule has 4 heteroatoms. The SMILES string of the molecule is CCC1(C(=O)NC(C)C2CCOC2)CCCNC1. The van der Waals surface area contributed by atoms with Gasteiger partial charge in [-0.05, 0) is 39.2 Å². The van der Waals surface area contributed by atoms with Crippen molar-refractivity contribution in [2.75, 3.05) is 26.3 Å². The minimum Gasteiger partial charge on any atom is -0.381 e. The molecule has 2 saturated heterocycles. The van der Waals surface area contributed by atoms with Crippen molar-refractivity contribution in [2.24, 2.45) is 11.3 Å². The molecule has 4 nitrogen and oxygen atoms in total. The van der Waals surface area contributed by atoms with Gasteiger partial charge in [0.15, 0.2) is 0 Å². The Morgan fingerprint density at radius 2 is 2.44 bits per heavy atom. The quantitative estimate of drug-likeness (QED) is 0.795. The molecule has 104 valence electrons. The zero-order chi connectivity index (χ0) is 13.0. The Hall–Kier alpha value is -0.610. The molecule has 0 aromatic heterocycles. The Morgan fingerprint density at radius 3 is 3.00 bits per heavy atom. The third-order valence-electron chi connectivity index (χ3n) is 4.66. The molecule has 0 bridgehead atoms. The van der Waals surface area contributed by atoms with Crippen LogP contribution in [-0.2, 0) is 9.53 Å². The van der Waals surface area contributed by atoms with Crippen LogP contribution in [0, 0.1) is 11.3 Å². The zero-order valence-corrected chi connectivity index (χ0v) is 11.6. The molecule has 0 radical (unpaired) electrons. The smallest absolute Gasteiger partial charge is 0.227 e. The molecule has 2 heterocycles. The van der Waals surface area contributed by atoms with Gasteiger partial charge in [0.05, 0.1) is 12.0 Å². The Balaban J connectivity index is 1.92. The van der Waals surface area contributed by atoms with Crippen molar-refractivity contribution in [2.45, 2.75) is 45.6 Å². The highest BCUT2D eigenvalue weighted by molar-refractivity contribution is 5.83. The molecule has 18 heavy (non-hydrogen) atoms. The lowest BCUT2D eigenvalue weighted by molar-refractivity contribution is -0.133. The fourth-order valence-electron chi connectivity index (χ4n) is 3.05. The lowest BCUT2D eigenvalue weighted by Crippen LogP contribution is -2.53. The molecule has 2 rings (SSSR count). The third kappa shape index (κ3) is 2.86. The van der Waals surface area contributed by atoms with E-state index in [-0.39, 0.29) is 17.4 Å². The maximum absolute atomic E-state index is 12.5. The van der Waals surface area contributed by atoms with Crippen LogP contribution in [0.25, 0.3) is 0 Å². The van der Waals surface area contributed by atoms with Crippen LogP contribution < -0.4 is 10.6 Å². The minimum absolute atomic E-state index is 0.189. The molecule has 2 fully saturated rings. The Kier molecular flexibility index (Phi) is 4.62. The van der Waals surface area contributed by atoms with Gasteiger partial charge in [-0.15, -0.1) is 0 Å². The molecule has 3 unspecified atom stereocenters. The van der Waals surface area contributed by atoms with Crippen LogP contribution in [0.2, 0.25) is 0 Å². The lowest BCUT2D eigenvalue weighted by Gasteiger charge is -2.37. The highest BCUT2D eigenvalue weighted by atomic mass is 16.5. The number of hydrogen-bond donors (Lipinski definition) is 2. The first-order valence-electron chi connectivity index (χ1n) is 7.27. The third-order valence-corrected chi connectivity index (χ3v) is 4.66. The summed E-state index contributed by atoms with van der Waals surface area (Å²) in [5.41, 5.74) is -0.189. The van der Waals surface area contributed by atoms with E-state index >= 15 is 0 Å². The standard InChI is InChI=1S/C14H26N2O2/c1-3-14(6-4-7-15-10-14)13(17)16-11(2)12-5-8-18-9-12/h11-12,15H,3-10H2,1-2H3,(H,16,17). The molecule has 3 atom stereocenters. The van der Waals surface area contributed by atoms with Crippen LogP contribution in [0.4, 0.5) is 0 Å². The van der Waals surface area contributed by atoms with E-state index in [0.717, 1.165) is 52.0 Å². The fourth-order valence-corrected chi connectivity index (χ4v) is 3.05. The van der Waals surface area contributed by atoms with E-state index in [9.17, 15) is 4.79 Å². The lowest BCUT2D eigenvalue weighted by atomic mass is 9.77. The van der Waals surface area contributed by atoms with Crippen LogP contribution in [0.1, 0.15) is 39.5 Å². The molecule has 2 N–H and O–H groups in total. The van der Waals surface area contributed by atoms with E-state index in [1.165, 1.54) is 0 Å². The number of amides is 1. The van der Waals surface area contributed by atoms with Crippen molar-refractivity contribution in [3.8, 4) is 0 Å². The molecule has 2 aliphatic rings. The number of rotatable bonds is 4. The summed E-state index contributed by atoms with van der Waals surface area (Å²) < 4.78 is 5.39. The van der Waals surface area contributed by atoms with Gasteiger partial charge < -0.3 is 15.4 Å². The molecule has 0 saturated carbocycles. The maximum Gasteiger partial charge on any atom is 0.227 e. The van der Waals surface area contributed by atoms with Gasteiger partial charge in [-0.1, -0.05) is 6.92 Å². The monoisotopic (exact) mass is 254 g/mol. The molecular weight excluding hydrogens is 228 g/mol. The molecular formula is C14H26N2O2. The summed E-state index contributed by atoms with van der Waals surface area (Å²) in [6.45, 7) is 7.72. The number of nitrogens with one attached hydrogen (secondary N) is 2. The fraction of sp³-hybridized carbons (Fsp3) is 0.929. The average molecular weight is 254 g/mol. The van der Waals surface area contributed by atoms with Crippen LogP contribution in [0.3, 0.4) is 0 Å². The van der Waals surface area contributed by atoms with Crippen molar-refractivity contribution < 1.29 is 9.53 Å². The first kappa shape index (κ1) is 13.8. The molecule has 1 amide bonds. The van der Waals surface area contributed by atoms with Crippen molar-refractivity contribution >= 4 is 5.91 Å².